The van der Waals surface area contributed by atoms with E-state index in [4.69, 9.17) is 16.3 Å². The summed E-state index contributed by atoms with van der Waals surface area (Å²) in [4.78, 5) is 11.9. The summed E-state index contributed by atoms with van der Waals surface area (Å²) in [6.45, 7) is 0. The molecule has 0 radical (unpaired) electrons. The topological polar surface area (TPSA) is 38.3 Å². The van der Waals surface area contributed by atoms with Crippen LogP contribution in [-0.2, 0) is 11.0 Å². The summed E-state index contributed by atoms with van der Waals surface area (Å²) in [5.41, 5.74) is -0.345. The summed E-state index contributed by atoms with van der Waals surface area (Å²) < 4.78 is 43.3. The number of para-hydroxylation sites is 1. The van der Waals surface area contributed by atoms with E-state index in [1.165, 1.54) is 19.3 Å². The predicted octanol–water partition coefficient (Wildman–Crippen LogP) is 5.02. The molecular weight excluding hydrogens is 343 g/mol. The molecule has 0 bridgehead atoms. The van der Waals surface area contributed by atoms with Crippen LogP contribution in [0.2, 0.25) is 5.02 Å². The number of hydrogen-bond donors (Lipinski definition) is 1. The van der Waals surface area contributed by atoms with E-state index in [0.29, 0.717) is 11.3 Å². The molecule has 0 saturated heterocycles. The Hall–Kier alpha value is -2.47. The SMILES string of the molecule is COc1ccccc1C=CC(=O)Nc1cc(C(F)(F)F)ccc1Cl. The molecule has 1 amide bonds. The van der Waals surface area contributed by atoms with Gasteiger partial charge in [0.15, 0.2) is 0 Å². The van der Waals surface area contributed by atoms with Crippen LogP contribution in [0.25, 0.3) is 6.08 Å². The van der Waals surface area contributed by atoms with Crippen molar-refractivity contribution < 1.29 is 22.7 Å². The minimum atomic E-state index is -4.52. The predicted molar refractivity (Wildman–Crippen MR) is 87.1 cm³/mol. The molecule has 0 aromatic heterocycles. The van der Waals surface area contributed by atoms with Crippen LogP contribution in [-0.4, -0.2) is 13.0 Å². The van der Waals surface area contributed by atoms with Gasteiger partial charge in [0.05, 0.1) is 23.4 Å². The Kier molecular flexibility index (Phi) is 5.51. The van der Waals surface area contributed by atoms with E-state index in [0.717, 1.165) is 18.2 Å². The van der Waals surface area contributed by atoms with Gasteiger partial charge in [-0.1, -0.05) is 29.8 Å². The average Bonchev–Trinajstić information content (AvgIpc) is 2.54. The van der Waals surface area contributed by atoms with Gasteiger partial charge in [-0.2, -0.15) is 13.2 Å². The standard InChI is InChI=1S/C17H13ClF3NO2/c1-24-15-5-3-2-4-11(15)6-9-16(23)22-14-10-12(17(19,20)21)7-8-13(14)18/h2-10H,1H3,(H,22,23). The molecule has 0 heterocycles. The number of anilines is 1. The van der Waals surface area contributed by atoms with E-state index in [1.807, 2.05) is 0 Å². The first kappa shape index (κ1) is 17.9. The number of rotatable bonds is 4. The molecule has 2 rings (SSSR count). The summed E-state index contributed by atoms with van der Waals surface area (Å²) in [5, 5.41) is 2.35. The Bertz CT molecular complexity index is 773. The number of hydrogen-bond acceptors (Lipinski definition) is 2. The zero-order valence-electron chi connectivity index (χ0n) is 12.5. The number of nitrogens with one attached hydrogen (secondary N) is 1. The third kappa shape index (κ3) is 4.52. The summed E-state index contributed by atoms with van der Waals surface area (Å²) in [7, 11) is 1.50. The maximum atomic E-state index is 12.7. The summed E-state index contributed by atoms with van der Waals surface area (Å²) in [6, 6.07) is 9.73. The molecule has 0 aliphatic carbocycles. The summed E-state index contributed by atoms with van der Waals surface area (Å²) in [5.74, 6) is -0.0409. The molecule has 0 spiro atoms. The number of halogens is 4. The lowest BCUT2D eigenvalue weighted by Gasteiger charge is -2.10. The van der Waals surface area contributed by atoms with E-state index < -0.39 is 17.6 Å². The molecule has 0 atom stereocenters. The van der Waals surface area contributed by atoms with Gasteiger partial charge >= 0.3 is 6.18 Å². The number of ether oxygens (including phenoxy) is 1. The molecule has 3 nitrogen and oxygen atoms in total. The fraction of sp³-hybridized carbons (Fsp3) is 0.118. The Morgan fingerprint density at radius 1 is 1.21 bits per heavy atom. The fourth-order valence-electron chi connectivity index (χ4n) is 1.94. The second-order valence-electron chi connectivity index (χ2n) is 4.76. The summed E-state index contributed by atoms with van der Waals surface area (Å²) in [6.07, 6.45) is -1.83. The first-order valence-corrected chi connectivity index (χ1v) is 7.18. The Balaban J connectivity index is 2.17. The molecule has 0 unspecified atom stereocenters. The Labute approximate surface area is 141 Å². The highest BCUT2D eigenvalue weighted by molar-refractivity contribution is 6.33. The maximum absolute atomic E-state index is 12.7. The molecule has 0 aliphatic heterocycles. The van der Waals surface area contributed by atoms with Crippen molar-refractivity contribution in [2.45, 2.75) is 6.18 Å². The van der Waals surface area contributed by atoms with Gasteiger partial charge in [0.25, 0.3) is 0 Å². The Morgan fingerprint density at radius 3 is 2.58 bits per heavy atom. The van der Waals surface area contributed by atoms with Gasteiger partial charge in [0, 0.05) is 11.6 Å². The number of alkyl halides is 3. The monoisotopic (exact) mass is 355 g/mol. The molecule has 2 aromatic carbocycles. The van der Waals surface area contributed by atoms with E-state index in [2.05, 4.69) is 5.32 Å². The highest BCUT2D eigenvalue weighted by Gasteiger charge is 2.31. The molecule has 126 valence electrons. The lowest BCUT2D eigenvalue weighted by Crippen LogP contribution is -2.11. The van der Waals surface area contributed by atoms with Crippen molar-refractivity contribution in [1.82, 2.24) is 0 Å². The largest absolute Gasteiger partial charge is 0.496 e. The smallest absolute Gasteiger partial charge is 0.416 e. The summed E-state index contributed by atoms with van der Waals surface area (Å²) >= 11 is 5.83. The number of carbonyl (C=O) groups is 1. The molecule has 24 heavy (non-hydrogen) atoms. The van der Waals surface area contributed by atoms with Crippen LogP contribution in [0.15, 0.2) is 48.5 Å². The van der Waals surface area contributed by atoms with Gasteiger partial charge in [-0.25, -0.2) is 0 Å². The van der Waals surface area contributed by atoms with Crippen molar-refractivity contribution >= 4 is 29.3 Å². The lowest BCUT2D eigenvalue weighted by molar-refractivity contribution is -0.137. The number of methoxy groups -OCH3 is 1. The van der Waals surface area contributed by atoms with E-state index in [1.54, 1.807) is 24.3 Å². The van der Waals surface area contributed by atoms with E-state index in [9.17, 15) is 18.0 Å². The molecule has 7 heteroatoms. The fourth-order valence-corrected chi connectivity index (χ4v) is 2.11. The first-order chi connectivity index (χ1) is 11.3. The van der Waals surface area contributed by atoms with Gasteiger partial charge in [0.2, 0.25) is 5.91 Å². The van der Waals surface area contributed by atoms with Crippen molar-refractivity contribution in [2.75, 3.05) is 12.4 Å². The van der Waals surface area contributed by atoms with Crippen molar-refractivity contribution in [3.8, 4) is 5.75 Å². The third-order valence-electron chi connectivity index (χ3n) is 3.10. The van der Waals surface area contributed by atoms with Gasteiger partial charge in [0.1, 0.15) is 5.75 Å². The van der Waals surface area contributed by atoms with Crippen molar-refractivity contribution in [3.63, 3.8) is 0 Å². The molecule has 0 aliphatic rings. The minimum Gasteiger partial charge on any atom is -0.496 e. The number of amides is 1. The molecule has 2 aromatic rings. The average molecular weight is 356 g/mol. The molecule has 1 N–H and O–H groups in total. The third-order valence-corrected chi connectivity index (χ3v) is 3.43. The number of benzene rings is 2. The van der Waals surface area contributed by atoms with Crippen molar-refractivity contribution in [2.24, 2.45) is 0 Å². The Morgan fingerprint density at radius 2 is 1.92 bits per heavy atom. The van der Waals surface area contributed by atoms with Crippen LogP contribution in [0.4, 0.5) is 18.9 Å². The second kappa shape index (κ2) is 7.40. The van der Waals surface area contributed by atoms with Crippen LogP contribution in [0, 0.1) is 0 Å². The highest BCUT2D eigenvalue weighted by atomic mass is 35.5. The zero-order chi connectivity index (χ0) is 17.7. The second-order valence-corrected chi connectivity index (χ2v) is 5.16. The van der Waals surface area contributed by atoms with E-state index in [-0.39, 0.29) is 10.7 Å². The van der Waals surface area contributed by atoms with Crippen LogP contribution >= 0.6 is 11.6 Å². The molecule has 0 fully saturated rings. The van der Waals surface area contributed by atoms with Crippen LogP contribution in [0.3, 0.4) is 0 Å². The highest BCUT2D eigenvalue weighted by Crippen LogP contribution is 2.33. The van der Waals surface area contributed by atoms with Crippen molar-refractivity contribution in [1.29, 1.82) is 0 Å². The normalized spacial score (nSPS) is 11.5. The van der Waals surface area contributed by atoms with Gasteiger partial charge in [-0.15, -0.1) is 0 Å². The quantitative estimate of drug-likeness (QED) is 0.782. The van der Waals surface area contributed by atoms with Gasteiger partial charge in [-0.3, -0.25) is 4.79 Å². The van der Waals surface area contributed by atoms with Gasteiger partial charge < -0.3 is 10.1 Å². The number of carbonyl (C=O) groups excluding carboxylic acids is 1. The molecular formula is C17H13ClF3NO2. The minimum absolute atomic E-state index is 0.0158. The zero-order valence-corrected chi connectivity index (χ0v) is 13.3. The molecule has 0 saturated carbocycles. The van der Waals surface area contributed by atoms with E-state index >= 15 is 0 Å². The lowest BCUT2D eigenvalue weighted by atomic mass is 10.1. The first-order valence-electron chi connectivity index (χ1n) is 6.80. The van der Waals surface area contributed by atoms with Crippen LogP contribution < -0.4 is 10.1 Å². The van der Waals surface area contributed by atoms with Crippen LogP contribution in [0.5, 0.6) is 5.75 Å². The van der Waals surface area contributed by atoms with Gasteiger partial charge in [-0.05, 0) is 30.3 Å². The van der Waals surface area contributed by atoms with Crippen LogP contribution in [0.1, 0.15) is 11.1 Å². The van der Waals surface area contributed by atoms with Crippen molar-refractivity contribution in [3.05, 3.63) is 64.7 Å². The maximum Gasteiger partial charge on any atom is 0.416 e.